The maximum atomic E-state index is 12.0. The van der Waals surface area contributed by atoms with Gasteiger partial charge < -0.3 is 10.2 Å². The van der Waals surface area contributed by atoms with E-state index in [2.05, 4.69) is 29.0 Å². The van der Waals surface area contributed by atoms with Gasteiger partial charge in [-0.15, -0.1) is 0 Å². The van der Waals surface area contributed by atoms with Crippen LogP contribution in [0.3, 0.4) is 0 Å². The summed E-state index contributed by atoms with van der Waals surface area (Å²) in [6, 6.07) is 3.54. The highest BCUT2D eigenvalue weighted by molar-refractivity contribution is 7.90. The molecule has 1 atom stereocenters. The zero-order valence-corrected chi connectivity index (χ0v) is 13.9. The topological polar surface area (TPSA) is 62.3 Å². The van der Waals surface area contributed by atoms with E-state index < -0.39 is 9.84 Å². The van der Waals surface area contributed by atoms with Crippen LogP contribution in [-0.2, 0) is 9.84 Å². The standard InChI is InChI=1S/C15H25N3O2S/c1-12(2)18(11-13-6-4-8-16-10-13)15-14(21(3,19)20)7-5-9-17-15/h5,7,9,12-13,16H,4,6,8,10-11H2,1-3H3. The van der Waals surface area contributed by atoms with Crippen LogP contribution in [0.2, 0.25) is 0 Å². The van der Waals surface area contributed by atoms with Crippen LogP contribution >= 0.6 is 0 Å². The normalized spacial score (nSPS) is 19.7. The van der Waals surface area contributed by atoms with Gasteiger partial charge in [0.25, 0.3) is 0 Å². The largest absolute Gasteiger partial charge is 0.353 e. The Morgan fingerprint density at radius 2 is 2.24 bits per heavy atom. The molecule has 1 aliphatic heterocycles. The molecule has 0 radical (unpaired) electrons. The number of aromatic nitrogens is 1. The van der Waals surface area contributed by atoms with Gasteiger partial charge in [0.15, 0.2) is 9.84 Å². The first-order chi connectivity index (χ1) is 9.89. The van der Waals surface area contributed by atoms with Crippen LogP contribution in [-0.4, -0.2) is 45.3 Å². The van der Waals surface area contributed by atoms with Crippen molar-refractivity contribution in [3.05, 3.63) is 18.3 Å². The summed E-state index contributed by atoms with van der Waals surface area (Å²) in [4.78, 5) is 6.80. The fraction of sp³-hybridized carbons (Fsp3) is 0.667. The summed E-state index contributed by atoms with van der Waals surface area (Å²) in [5, 5.41) is 3.41. The van der Waals surface area contributed by atoms with E-state index in [0.29, 0.717) is 16.6 Å². The number of hydrogen-bond donors (Lipinski definition) is 1. The molecule has 6 heteroatoms. The van der Waals surface area contributed by atoms with E-state index in [4.69, 9.17) is 0 Å². The minimum absolute atomic E-state index is 0.210. The van der Waals surface area contributed by atoms with E-state index in [1.165, 1.54) is 19.1 Å². The van der Waals surface area contributed by atoms with Crippen LogP contribution in [0.5, 0.6) is 0 Å². The summed E-state index contributed by atoms with van der Waals surface area (Å²) < 4.78 is 24.0. The Labute approximate surface area is 127 Å². The number of nitrogens with one attached hydrogen (secondary N) is 1. The summed E-state index contributed by atoms with van der Waals surface area (Å²) in [5.74, 6) is 1.12. The number of pyridine rings is 1. The average Bonchev–Trinajstić information content (AvgIpc) is 2.45. The van der Waals surface area contributed by atoms with E-state index in [1.54, 1.807) is 18.3 Å². The van der Waals surface area contributed by atoms with E-state index in [-0.39, 0.29) is 6.04 Å². The second kappa shape index (κ2) is 6.75. The van der Waals surface area contributed by atoms with Crippen molar-refractivity contribution in [1.29, 1.82) is 0 Å². The van der Waals surface area contributed by atoms with Crippen LogP contribution in [0.1, 0.15) is 26.7 Å². The molecule has 0 spiro atoms. The first kappa shape index (κ1) is 16.2. The van der Waals surface area contributed by atoms with Gasteiger partial charge in [0.1, 0.15) is 10.7 Å². The lowest BCUT2D eigenvalue weighted by Gasteiger charge is -2.34. The van der Waals surface area contributed by atoms with E-state index >= 15 is 0 Å². The fourth-order valence-electron chi connectivity index (χ4n) is 2.79. The molecule has 1 fully saturated rings. The molecule has 0 bridgehead atoms. The Hall–Kier alpha value is -1.14. The molecule has 0 aromatic carbocycles. The quantitative estimate of drug-likeness (QED) is 0.897. The molecule has 1 aliphatic rings. The minimum atomic E-state index is -3.27. The van der Waals surface area contributed by atoms with Gasteiger partial charge in [-0.2, -0.15) is 0 Å². The molecule has 1 saturated heterocycles. The molecular weight excluding hydrogens is 286 g/mol. The average molecular weight is 311 g/mol. The van der Waals surface area contributed by atoms with Crippen molar-refractivity contribution in [2.45, 2.75) is 37.6 Å². The van der Waals surface area contributed by atoms with Crippen LogP contribution in [0.4, 0.5) is 5.82 Å². The van der Waals surface area contributed by atoms with Crippen molar-refractivity contribution in [2.75, 3.05) is 30.8 Å². The van der Waals surface area contributed by atoms with Crippen molar-refractivity contribution < 1.29 is 8.42 Å². The zero-order valence-electron chi connectivity index (χ0n) is 13.0. The highest BCUT2D eigenvalue weighted by Crippen LogP contribution is 2.26. The van der Waals surface area contributed by atoms with Gasteiger partial charge in [-0.3, -0.25) is 0 Å². The van der Waals surface area contributed by atoms with Gasteiger partial charge in [-0.05, 0) is 57.8 Å². The number of hydrogen-bond acceptors (Lipinski definition) is 5. The van der Waals surface area contributed by atoms with Gasteiger partial charge in [-0.1, -0.05) is 0 Å². The van der Waals surface area contributed by atoms with Crippen LogP contribution in [0.25, 0.3) is 0 Å². The lowest BCUT2D eigenvalue weighted by Crippen LogP contribution is -2.42. The Balaban J connectivity index is 2.30. The molecule has 5 nitrogen and oxygen atoms in total. The summed E-state index contributed by atoms with van der Waals surface area (Å²) in [6.07, 6.45) is 5.27. The van der Waals surface area contributed by atoms with Gasteiger partial charge in [0.2, 0.25) is 0 Å². The molecule has 0 aliphatic carbocycles. The van der Waals surface area contributed by atoms with Gasteiger partial charge in [-0.25, -0.2) is 13.4 Å². The maximum Gasteiger partial charge on any atom is 0.179 e. The molecule has 2 rings (SSSR count). The van der Waals surface area contributed by atoms with E-state index in [9.17, 15) is 8.42 Å². The number of sulfone groups is 1. The third kappa shape index (κ3) is 4.17. The van der Waals surface area contributed by atoms with Gasteiger partial charge in [0, 0.05) is 25.0 Å². The summed E-state index contributed by atoms with van der Waals surface area (Å²) in [6.45, 7) is 7.07. The summed E-state index contributed by atoms with van der Waals surface area (Å²) in [7, 11) is -3.27. The van der Waals surface area contributed by atoms with Crippen molar-refractivity contribution in [1.82, 2.24) is 10.3 Å². The van der Waals surface area contributed by atoms with Crippen molar-refractivity contribution in [2.24, 2.45) is 5.92 Å². The number of rotatable bonds is 5. The van der Waals surface area contributed by atoms with Crippen LogP contribution in [0.15, 0.2) is 23.2 Å². The van der Waals surface area contributed by atoms with Gasteiger partial charge >= 0.3 is 0 Å². The molecule has 2 heterocycles. The Morgan fingerprint density at radius 3 is 2.81 bits per heavy atom. The van der Waals surface area contributed by atoms with Crippen molar-refractivity contribution >= 4 is 15.7 Å². The summed E-state index contributed by atoms with van der Waals surface area (Å²) in [5.41, 5.74) is 0. The van der Waals surface area contributed by atoms with Crippen molar-refractivity contribution in [3.63, 3.8) is 0 Å². The Morgan fingerprint density at radius 1 is 1.48 bits per heavy atom. The second-order valence-corrected chi connectivity index (χ2v) is 8.04. The predicted molar refractivity (Wildman–Crippen MR) is 85.4 cm³/mol. The lowest BCUT2D eigenvalue weighted by molar-refractivity contribution is 0.369. The van der Waals surface area contributed by atoms with Crippen molar-refractivity contribution in [3.8, 4) is 0 Å². The van der Waals surface area contributed by atoms with Crippen LogP contribution in [0, 0.1) is 5.92 Å². The molecule has 1 aromatic rings. The first-order valence-corrected chi connectivity index (χ1v) is 9.41. The molecule has 21 heavy (non-hydrogen) atoms. The molecule has 118 valence electrons. The third-order valence-electron chi connectivity index (χ3n) is 3.90. The number of anilines is 1. The second-order valence-electron chi connectivity index (χ2n) is 6.06. The SMILES string of the molecule is CC(C)N(CC1CCCNC1)c1ncccc1S(C)(=O)=O. The molecule has 0 saturated carbocycles. The number of nitrogens with zero attached hydrogens (tertiary/aromatic N) is 2. The summed E-state index contributed by atoms with van der Waals surface area (Å²) >= 11 is 0. The molecule has 1 aromatic heterocycles. The Kier molecular flexibility index (Phi) is 5.22. The number of piperidine rings is 1. The smallest absolute Gasteiger partial charge is 0.179 e. The zero-order chi connectivity index (χ0) is 15.5. The molecule has 1 N–H and O–H groups in total. The fourth-order valence-corrected chi connectivity index (χ4v) is 3.61. The van der Waals surface area contributed by atoms with E-state index in [1.807, 2.05) is 0 Å². The maximum absolute atomic E-state index is 12.0. The third-order valence-corrected chi connectivity index (χ3v) is 5.02. The lowest BCUT2D eigenvalue weighted by atomic mass is 9.98. The molecular formula is C15H25N3O2S. The first-order valence-electron chi connectivity index (χ1n) is 7.52. The molecule has 1 unspecified atom stereocenters. The van der Waals surface area contributed by atoms with Crippen LogP contribution < -0.4 is 10.2 Å². The highest BCUT2D eigenvalue weighted by atomic mass is 32.2. The predicted octanol–water partition coefficient (Wildman–Crippen LogP) is 1.70. The van der Waals surface area contributed by atoms with Gasteiger partial charge in [0.05, 0.1) is 0 Å². The minimum Gasteiger partial charge on any atom is -0.353 e. The highest BCUT2D eigenvalue weighted by Gasteiger charge is 2.24. The Bertz CT molecular complexity index is 566. The monoisotopic (exact) mass is 311 g/mol. The van der Waals surface area contributed by atoms with E-state index in [0.717, 1.165) is 19.6 Å². The molecule has 0 amide bonds.